The second kappa shape index (κ2) is 7.66. The molecule has 0 saturated heterocycles. The second-order valence-corrected chi connectivity index (χ2v) is 8.04. The number of rotatable bonds is 4. The van der Waals surface area contributed by atoms with Crippen LogP contribution in [-0.4, -0.2) is 20.4 Å². The lowest BCUT2D eigenvalue weighted by molar-refractivity contribution is 0.0951. The Bertz CT molecular complexity index is 1520. The number of carbonyl (C=O) groups is 1. The summed E-state index contributed by atoms with van der Waals surface area (Å²) in [6.07, 6.45) is 0. The number of hydrogen-bond acceptors (Lipinski definition) is 5. The Balaban J connectivity index is 1.43. The molecule has 31 heavy (non-hydrogen) atoms. The molecule has 0 fully saturated rings. The first-order valence-electron chi connectivity index (χ1n) is 9.57. The monoisotopic (exact) mass is 428 g/mol. The largest absolute Gasteiger partial charge is 0.346 e. The second-order valence-electron chi connectivity index (χ2n) is 6.92. The van der Waals surface area contributed by atoms with Crippen LogP contribution in [0.25, 0.3) is 26.8 Å². The van der Waals surface area contributed by atoms with Crippen LogP contribution in [0.1, 0.15) is 15.4 Å². The van der Waals surface area contributed by atoms with Gasteiger partial charge in [-0.25, -0.2) is 14.3 Å². The number of hydrogen-bond donors (Lipinski definition) is 2. The quantitative estimate of drug-likeness (QED) is 0.459. The summed E-state index contributed by atoms with van der Waals surface area (Å²) in [5.74, 6) is -0.311. The third-order valence-electron chi connectivity index (χ3n) is 4.91. The lowest BCUT2D eigenvalue weighted by Gasteiger charge is -2.08. The number of fused-ring (bicyclic) bond motifs is 2. The summed E-state index contributed by atoms with van der Waals surface area (Å²) >= 11 is 1.52. The van der Waals surface area contributed by atoms with Crippen molar-refractivity contribution >= 4 is 38.4 Å². The maximum Gasteiger partial charge on any atom is 0.333 e. The SMILES string of the molecule is O=C(NCc1nc2ccccc2s1)c1ccc2c(=O)n(-c3ccccc3)c(=O)[nH]c2c1. The van der Waals surface area contributed by atoms with Crippen molar-refractivity contribution in [1.82, 2.24) is 19.9 Å². The van der Waals surface area contributed by atoms with Crippen LogP contribution >= 0.6 is 11.3 Å². The molecular formula is C23H16N4O3S. The highest BCUT2D eigenvalue weighted by Gasteiger charge is 2.13. The molecular weight excluding hydrogens is 412 g/mol. The lowest BCUT2D eigenvalue weighted by Crippen LogP contribution is -2.33. The topological polar surface area (TPSA) is 96.8 Å². The number of H-pyrrole nitrogens is 1. The van der Waals surface area contributed by atoms with Gasteiger partial charge in [-0.15, -0.1) is 11.3 Å². The molecule has 0 spiro atoms. The molecule has 5 aromatic rings. The standard InChI is InChI=1S/C23H16N4O3S/c28-21(24-13-20-25-17-8-4-5-9-19(17)31-20)14-10-11-16-18(12-14)26-23(30)27(22(16)29)15-6-2-1-3-7-15/h1-12H,13H2,(H,24,28)(H,26,30). The van der Waals surface area contributed by atoms with Crippen LogP contribution in [-0.2, 0) is 6.54 Å². The van der Waals surface area contributed by atoms with Crippen molar-refractivity contribution in [2.45, 2.75) is 6.54 Å². The summed E-state index contributed by atoms with van der Waals surface area (Å²) in [5, 5.41) is 3.97. The molecule has 0 saturated carbocycles. The van der Waals surface area contributed by atoms with Gasteiger partial charge < -0.3 is 10.3 Å². The van der Waals surface area contributed by atoms with E-state index < -0.39 is 11.2 Å². The molecule has 2 heterocycles. The maximum absolute atomic E-state index is 12.9. The van der Waals surface area contributed by atoms with E-state index in [0.717, 1.165) is 19.8 Å². The zero-order valence-corrected chi connectivity index (χ0v) is 17.0. The molecule has 8 heteroatoms. The van der Waals surface area contributed by atoms with E-state index in [2.05, 4.69) is 15.3 Å². The first-order chi connectivity index (χ1) is 15.1. The van der Waals surface area contributed by atoms with Crippen molar-refractivity contribution in [2.24, 2.45) is 0 Å². The normalized spacial score (nSPS) is 11.1. The number of nitrogens with zero attached hydrogens (tertiary/aromatic N) is 2. The minimum atomic E-state index is -0.560. The fraction of sp³-hybridized carbons (Fsp3) is 0.0435. The number of aromatic amines is 1. The molecule has 0 aliphatic rings. The highest BCUT2D eigenvalue weighted by Crippen LogP contribution is 2.21. The van der Waals surface area contributed by atoms with Gasteiger partial charge in [0, 0.05) is 5.56 Å². The van der Waals surface area contributed by atoms with Crippen LogP contribution < -0.4 is 16.6 Å². The van der Waals surface area contributed by atoms with Crippen LogP contribution in [0.2, 0.25) is 0 Å². The summed E-state index contributed by atoms with van der Waals surface area (Å²) in [6.45, 7) is 0.294. The average Bonchev–Trinajstić information content (AvgIpc) is 3.21. The summed E-state index contributed by atoms with van der Waals surface area (Å²) in [6, 6.07) is 21.1. The van der Waals surface area contributed by atoms with E-state index >= 15 is 0 Å². The molecule has 0 aliphatic carbocycles. The molecule has 2 aromatic heterocycles. The predicted molar refractivity (Wildman–Crippen MR) is 121 cm³/mol. The number of benzene rings is 3. The lowest BCUT2D eigenvalue weighted by atomic mass is 10.1. The Hall–Kier alpha value is -4.04. The van der Waals surface area contributed by atoms with E-state index in [1.54, 1.807) is 36.4 Å². The van der Waals surface area contributed by atoms with Crippen LogP contribution in [0.15, 0.2) is 82.4 Å². The van der Waals surface area contributed by atoms with E-state index in [-0.39, 0.29) is 5.91 Å². The number of thiazole rings is 1. The molecule has 152 valence electrons. The molecule has 0 radical (unpaired) electrons. The highest BCUT2D eigenvalue weighted by molar-refractivity contribution is 7.18. The maximum atomic E-state index is 12.9. The van der Waals surface area contributed by atoms with Crippen molar-refractivity contribution < 1.29 is 4.79 Å². The molecule has 3 aromatic carbocycles. The van der Waals surface area contributed by atoms with Gasteiger partial charge in [0.05, 0.1) is 33.4 Å². The zero-order valence-electron chi connectivity index (χ0n) is 16.2. The van der Waals surface area contributed by atoms with Crippen molar-refractivity contribution in [3.05, 3.63) is 104 Å². The van der Waals surface area contributed by atoms with Gasteiger partial charge in [0.15, 0.2) is 0 Å². The molecule has 0 atom stereocenters. The minimum absolute atomic E-state index is 0.294. The Morgan fingerprint density at radius 2 is 1.77 bits per heavy atom. The zero-order chi connectivity index (χ0) is 21.4. The number of aromatic nitrogens is 3. The third-order valence-corrected chi connectivity index (χ3v) is 5.95. The van der Waals surface area contributed by atoms with Crippen LogP contribution in [0.4, 0.5) is 0 Å². The Kier molecular flexibility index (Phi) is 4.68. The van der Waals surface area contributed by atoms with Crippen molar-refractivity contribution in [2.75, 3.05) is 0 Å². The first kappa shape index (κ1) is 19.0. The molecule has 5 rings (SSSR count). The number of amides is 1. The average molecular weight is 428 g/mol. The van der Waals surface area contributed by atoms with Gasteiger partial charge in [-0.1, -0.05) is 30.3 Å². The van der Waals surface area contributed by atoms with Crippen molar-refractivity contribution in [3.8, 4) is 5.69 Å². The fourth-order valence-electron chi connectivity index (χ4n) is 3.42. The minimum Gasteiger partial charge on any atom is -0.346 e. The van der Waals surface area contributed by atoms with Gasteiger partial charge in [-0.2, -0.15) is 0 Å². The molecule has 2 N–H and O–H groups in total. The summed E-state index contributed by atoms with van der Waals surface area (Å²) in [7, 11) is 0. The Labute approximate surface area is 179 Å². The molecule has 0 unspecified atom stereocenters. The molecule has 7 nitrogen and oxygen atoms in total. The summed E-state index contributed by atoms with van der Waals surface area (Å²) < 4.78 is 2.14. The van der Waals surface area contributed by atoms with Gasteiger partial charge in [0.1, 0.15) is 5.01 Å². The van der Waals surface area contributed by atoms with Crippen molar-refractivity contribution in [1.29, 1.82) is 0 Å². The highest BCUT2D eigenvalue weighted by atomic mass is 32.1. The van der Waals surface area contributed by atoms with Gasteiger partial charge in [0.2, 0.25) is 0 Å². The van der Waals surface area contributed by atoms with E-state index in [0.29, 0.717) is 28.7 Å². The molecule has 0 aliphatic heterocycles. The summed E-state index contributed by atoms with van der Waals surface area (Å²) in [5.41, 5.74) is 1.04. The molecule has 0 bridgehead atoms. The Morgan fingerprint density at radius 3 is 2.58 bits per heavy atom. The Morgan fingerprint density at radius 1 is 1.00 bits per heavy atom. The van der Waals surface area contributed by atoms with E-state index in [1.165, 1.54) is 17.4 Å². The summed E-state index contributed by atoms with van der Waals surface area (Å²) in [4.78, 5) is 45.2. The van der Waals surface area contributed by atoms with E-state index in [4.69, 9.17) is 0 Å². The van der Waals surface area contributed by atoms with Crippen LogP contribution in [0.5, 0.6) is 0 Å². The number of para-hydroxylation sites is 2. The smallest absolute Gasteiger partial charge is 0.333 e. The van der Waals surface area contributed by atoms with Gasteiger partial charge in [-0.3, -0.25) is 9.59 Å². The van der Waals surface area contributed by atoms with Gasteiger partial charge in [-0.05, 0) is 42.5 Å². The number of nitrogens with one attached hydrogen (secondary N) is 2. The van der Waals surface area contributed by atoms with Gasteiger partial charge in [0.25, 0.3) is 11.5 Å². The fourth-order valence-corrected chi connectivity index (χ4v) is 4.33. The van der Waals surface area contributed by atoms with Crippen molar-refractivity contribution in [3.63, 3.8) is 0 Å². The predicted octanol–water partition coefficient (Wildman–Crippen LogP) is 3.22. The first-order valence-corrected chi connectivity index (χ1v) is 10.4. The number of carbonyl (C=O) groups excluding carboxylic acids is 1. The van der Waals surface area contributed by atoms with E-state index in [1.807, 2.05) is 30.3 Å². The van der Waals surface area contributed by atoms with Gasteiger partial charge >= 0.3 is 5.69 Å². The van der Waals surface area contributed by atoms with Crippen LogP contribution in [0.3, 0.4) is 0 Å². The van der Waals surface area contributed by atoms with E-state index in [9.17, 15) is 14.4 Å². The molecule has 1 amide bonds. The van der Waals surface area contributed by atoms with Crippen LogP contribution in [0, 0.1) is 0 Å². The third kappa shape index (κ3) is 3.53.